The highest BCUT2D eigenvalue weighted by Gasteiger charge is 2.88. The highest BCUT2D eigenvalue weighted by Crippen LogP contribution is 2.77. The summed E-state index contributed by atoms with van der Waals surface area (Å²) in [6.07, 6.45) is 0. The number of allylic oxidation sites excluding steroid dienone is 2. The van der Waals surface area contributed by atoms with Crippen LogP contribution in [0.2, 0.25) is 5.02 Å². The summed E-state index contributed by atoms with van der Waals surface area (Å²) >= 11 is 43.9. The molecule has 0 unspecified atom stereocenters. The van der Waals surface area contributed by atoms with E-state index in [2.05, 4.69) is 0 Å². The summed E-state index contributed by atoms with van der Waals surface area (Å²) in [7, 11) is 0. The number of hydrogen-bond acceptors (Lipinski definition) is 4. The van der Waals surface area contributed by atoms with Gasteiger partial charge in [-0.15, -0.1) is 28.3 Å². The molecule has 1 aromatic carbocycles. The smallest absolute Gasteiger partial charge is 0.325 e. The van der Waals surface area contributed by atoms with Gasteiger partial charge in [-0.1, -0.05) is 58.0 Å². The molecule has 4 atom stereocenters. The van der Waals surface area contributed by atoms with Crippen molar-refractivity contribution in [2.45, 2.75) is 14.1 Å². The lowest BCUT2D eigenvalue weighted by Gasteiger charge is -2.34. The van der Waals surface area contributed by atoms with Gasteiger partial charge in [-0.2, -0.15) is 0 Å². The number of hydrogen-bond donors (Lipinski definition) is 0. The van der Waals surface area contributed by atoms with Crippen LogP contribution >= 0.6 is 81.2 Å². The standard InChI is InChI=1S/C16H6Cl7NO4/c17-6-3-1-5(2-4-6)13(27)28-24-11(25)7-8(12(24)26)15(21)10(19)9(18)14(7,20)16(15,22)23/h1-4,7-8H/t7-,8-,14+,15+/m0/s1. The summed E-state index contributed by atoms with van der Waals surface area (Å²) < 4.78 is -2.05. The van der Waals surface area contributed by atoms with Gasteiger partial charge in [0.1, 0.15) is 9.75 Å². The number of hydroxylamine groups is 2. The van der Waals surface area contributed by atoms with Crippen LogP contribution in [0.4, 0.5) is 0 Å². The number of imide groups is 1. The lowest BCUT2D eigenvalue weighted by Crippen LogP contribution is -2.50. The number of fused-ring (bicyclic) bond motifs is 5. The van der Waals surface area contributed by atoms with Crippen LogP contribution in [0.25, 0.3) is 0 Å². The van der Waals surface area contributed by atoms with Crippen LogP contribution in [-0.2, 0) is 14.4 Å². The normalized spacial score (nSPS) is 35.6. The molecule has 3 aliphatic rings. The Morgan fingerprint density at radius 1 is 0.857 bits per heavy atom. The molecule has 148 valence electrons. The predicted molar refractivity (Wildman–Crippen MR) is 106 cm³/mol. The molecule has 1 heterocycles. The van der Waals surface area contributed by atoms with Crippen LogP contribution in [0.5, 0.6) is 0 Å². The Hall–Kier alpha value is -0.400. The van der Waals surface area contributed by atoms with E-state index < -0.39 is 43.7 Å². The zero-order valence-corrected chi connectivity index (χ0v) is 18.5. The Morgan fingerprint density at radius 2 is 1.29 bits per heavy atom. The van der Waals surface area contributed by atoms with Gasteiger partial charge in [-0.05, 0) is 24.3 Å². The monoisotopic (exact) mass is 521 g/mol. The molecule has 1 aliphatic heterocycles. The summed E-state index contributed by atoms with van der Waals surface area (Å²) in [5.74, 6) is -5.62. The summed E-state index contributed by atoms with van der Waals surface area (Å²) in [5.41, 5.74) is 0.0597. The Kier molecular flexibility index (Phi) is 4.69. The molecule has 0 radical (unpaired) electrons. The van der Waals surface area contributed by atoms with Crippen LogP contribution in [0.15, 0.2) is 34.3 Å². The first-order chi connectivity index (χ1) is 12.9. The van der Waals surface area contributed by atoms with Gasteiger partial charge in [-0.3, -0.25) is 9.59 Å². The van der Waals surface area contributed by atoms with Crippen LogP contribution in [-0.4, -0.2) is 36.9 Å². The van der Waals surface area contributed by atoms with E-state index >= 15 is 0 Å². The third-order valence-corrected chi connectivity index (χ3v) is 9.63. The molecule has 1 saturated carbocycles. The van der Waals surface area contributed by atoms with Crippen molar-refractivity contribution in [3.05, 3.63) is 44.9 Å². The Morgan fingerprint density at radius 3 is 1.71 bits per heavy atom. The van der Waals surface area contributed by atoms with Gasteiger partial charge in [0.25, 0.3) is 11.8 Å². The lowest BCUT2D eigenvalue weighted by molar-refractivity contribution is -0.175. The fourth-order valence-electron chi connectivity index (χ4n) is 3.78. The maximum atomic E-state index is 12.9. The number of amides is 2. The molecule has 4 rings (SSSR count). The molecular formula is C16H6Cl7NO4. The van der Waals surface area contributed by atoms with Crippen LogP contribution in [0.3, 0.4) is 0 Å². The van der Waals surface area contributed by atoms with Gasteiger partial charge in [-0.25, -0.2) is 4.79 Å². The molecule has 1 aromatic rings. The van der Waals surface area contributed by atoms with Gasteiger partial charge in [0.15, 0.2) is 4.33 Å². The fraction of sp³-hybridized carbons (Fsp3) is 0.312. The lowest BCUT2D eigenvalue weighted by atomic mass is 9.84. The summed E-state index contributed by atoms with van der Waals surface area (Å²) in [6.45, 7) is 0. The molecule has 28 heavy (non-hydrogen) atoms. The maximum Gasteiger partial charge on any atom is 0.363 e. The van der Waals surface area contributed by atoms with E-state index in [0.717, 1.165) is 0 Å². The molecule has 5 nitrogen and oxygen atoms in total. The van der Waals surface area contributed by atoms with Crippen LogP contribution in [0, 0.1) is 11.8 Å². The van der Waals surface area contributed by atoms with E-state index in [1.54, 1.807) is 0 Å². The second-order valence-corrected chi connectivity index (χ2v) is 10.1. The van der Waals surface area contributed by atoms with Gasteiger partial charge in [0.05, 0.1) is 27.5 Å². The number of nitrogens with zero attached hydrogens (tertiary/aromatic N) is 1. The third kappa shape index (κ3) is 2.22. The van der Waals surface area contributed by atoms with Crippen molar-refractivity contribution in [3.63, 3.8) is 0 Å². The van der Waals surface area contributed by atoms with E-state index in [9.17, 15) is 14.4 Å². The van der Waals surface area contributed by atoms with Crippen molar-refractivity contribution in [3.8, 4) is 0 Å². The largest absolute Gasteiger partial charge is 0.363 e. The minimum Gasteiger partial charge on any atom is -0.325 e. The maximum absolute atomic E-state index is 12.9. The number of carbonyl (C=O) groups excluding carboxylic acids is 3. The zero-order chi connectivity index (χ0) is 20.8. The van der Waals surface area contributed by atoms with Crippen molar-refractivity contribution in [1.29, 1.82) is 0 Å². The van der Waals surface area contributed by atoms with Crippen molar-refractivity contribution < 1.29 is 19.2 Å². The summed E-state index contributed by atoms with van der Waals surface area (Å²) in [5, 5.41) is 0.219. The molecule has 2 aliphatic carbocycles. The Balaban J connectivity index is 1.71. The molecule has 12 heteroatoms. The highest BCUT2D eigenvalue weighted by atomic mass is 35.5. The van der Waals surface area contributed by atoms with Crippen molar-refractivity contribution in [2.75, 3.05) is 0 Å². The van der Waals surface area contributed by atoms with Gasteiger partial charge in [0, 0.05) is 5.02 Å². The van der Waals surface area contributed by atoms with Crippen molar-refractivity contribution >= 4 is 99.0 Å². The molecule has 0 spiro atoms. The van der Waals surface area contributed by atoms with Crippen LogP contribution < -0.4 is 0 Å². The topological polar surface area (TPSA) is 63.7 Å². The van der Waals surface area contributed by atoms with E-state index in [4.69, 9.17) is 86.0 Å². The second-order valence-electron chi connectivity index (χ2n) is 6.44. The number of halogens is 7. The number of alkyl halides is 4. The summed E-state index contributed by atoms with van der Waals surface area (Å²) in [4.78, 5) is 39.2. The number of carbonyl (C=O) groups is 3. The first-order valence-corrected chi connectivity index (χ1v) is 10.2. The first kappa shape index (κ1) is 20.9. The quantitative estimate of drug-likeness (QED) is 0.410. The number of benzene rings is 1. The minimum atomic E-state index is -2.05. The molecule has 2 fully saturated rings. The molecule has 0 aromatic heterocycles. The van der Waals surface area contributed by atoms with Gasteiger partial charge in [0.2, 0.25) is 0 Å². The molecular weight excluding hydrogens is 518 g/mol. The predicted octanol–water partition coefficient (Wildman–Crippen LogP) is 4.86. The highest BCUT2D eigenvalue weighted by molar-refractivity contribution is 6.66. The SMILES string of the molecule is O=C(ON1C(=O)[C@@H]2[C@@H](C1=O)[C@@]1(Cl)C(Cl)=C(Cl)[C@@]2(Cl)C1(Cl)Cl)c1ccc(Cl)cc1. The Labute approximate surface area is 193 Å². The second kappa shape index (κ2) is 6.30. The molecule has 2 bridgehead atoms. The molecule has 0 N–H and O–H groups in total. The average molecular weight is 524 g/mol. The van der Waals surface area contributed by atoms with Gasteiger partial charge >= 0.3 is 5.97 Å². The first-order valence-electron chi connectivity index (χ1n) is 7.58. The minimum absolute atomic E-state index is 0.0597. The Bertz CT molecular complexity index is 932. The summed E-state index contributed by atoms with van der Waals surface area (Å²) in [6, 6.07) is 5.62. The average Bonchev–Trinajstić information content (AvgIpc) is 3.01. The third-order valence-electron chi connectivity index (χ3n) is 5.12. The van der Waals surface area contributed by atoms with E-state index in [1.807, 2.05) is 0 Å². The molecule has 1 saturated heterocycles. The van der Waals surface area contributed by atoms with E-state index in [1.165, 1.54) is 24.3 Å². The van der Waals surface area contributed by atoms with E-state index in [0.29, 0.717) is 10.1 Å². The van der Waals surface area contributed by atoms with Crippen molar-refractivity contribution in [1.82, 2.24) is 5.06 Å². The van der Waals surface area contributed by atoms with Crippen LogP contribution in [0.1, 0.15) is 10.4 Å². The van der Waals surface area contributed by atoms with Gasteiger partial charge < -0.3 is 4.84 Å². The van der Waals surface area contributed by atoms with E-state index in [-0.39, 0.29) is 15.6 Å². The van der Waals surface area contributed by atoms with Crippen molar-refractivity contribution in [2.24, 2.45) is 11.8 Å². The molecule has 2 amide bonds. The number of rotatable bonds is 2. The fourth-order valence-corrected chi connectivity index (χ4v) is 6.84. The zero-order valence-electron chi connectivity index (χ0n) is 13.2.